The Labute approximate surface area is 168 Å². The van der Waals surface area contributed by atoms with Crippen molar-refractivity contribution in [2.24, 2.45) is 0 Å². The molecule has 6 heteroatoms. The van der Waals surface area contributed by atoms with Crippen LogP contribution in [0.5, 0.6) is 0 Å². The fraction of sp³-hybridized carbons (Fsp3) is 0.273. The van der Waals surface area contributed by atoms with Gasteiger partial charge in [-0.3, -0.25) is 14.5 Å². The van der Waals surface area contributed by atoms with Crippen LogP contribution in [0.15, 0.2) is 64.4 Å². The molecule has 2 aromatic rings. The SMILES string of the molecule is CC(C)OCCCN1C(=O)C(Sc2ccccc2)=C(c2ccc(F)cc2)C1=O. The van der Waals surface area contributed by atoms with Crippen LogP contribution in [0.2, 0.25) is 0 Å². The number of imide groups is 1. The van der Waals surface area contributed by atoms with Crippen LogP contribution >= 0.6 is 11.8 Å². The van der Waals surface area contributed by atoms with Gasteiger partial charge in [0, 0.05) is 18.0 Å². The molecule has 0 saturated heterocycles. The summed E-state index contributed by atoms with van der Waals surface area (Å²) in [6.07, 6.45) is 0.664. The Morgan fingerprint density at radius 2 is 1.68 bits per heavy atom. The van der Waals surface area contributed by atoms with E-state index >= 15 is 0 Å². The molecule has 0 atom stereocenters. The number of halogens is 1. The Morgan fingerprint density at radius 1 is 1.00 bits per heavy atom. The lowest BCUT2D eigenvalue weighted by Gasteiger charge is -2.15. The standard InChI is InChI=1S/C22H22FNO3S/c1-15(2)27-14-6-13-24-21(25)19(16-9-11-17(23)12-10-16)20(22(24)26)28-18-7-4-3-5-8-18/h3-5,7-12,15H,6,13-14H2,1-2H3. The topological polar surface area (TPSA) is 46.6 Å². The van der Waals surface area contributed by atoms with Gasteiger partial charge in [0.25, 0.3) is 11.8 Å². The Kier molecular flexibility index (Phi) is 6.65. The summed E-state index contributed by atoms with van der Waals surface area (Å²) in [5.41, 5.74) is 0.864. The van der Waals surface area contributed by atoms with E-state index in [4.69, 9.17) is 4.74 Å². The normalized spacial score (nSPS) is 14.5. The Hall–Kier alpha value is -2.44. The monoisotopic (exact) mass is 399 g/mol. The molecule has 1 aliphatic rings. The van der Waals surface area contributed by atoms with Crippen LogP contribution in [-0.2, 0) is 14.3 Å². The lowest BCUT2D eigenvalue weighted by atomic mass is 10.1. The molecule has 0 aromatic heterocycles. The average molecular weight is 399 g/mol. The molecule has 28 heavy (non-hydrogen) atoms. The molecule has 4 nitrogen and oxygen atoms in total. The molecule has 146 valence electrons. The van der Waals surface area contributed by atoms with E-state index in [0.717, 1.165) is 4.90 Å². The van der Waals surface area contributed by atoms with Crippen LogP contribution in [0.4, 0.5) is 4.39 Å². The van der Waals surface area contributed by atoms with Crippen molar-refractivity contribution in [3.63, 3.8) is 0 Å². The minimum Gasteiger partial charge on any atom is -0.379 e. The summed E-state index contributed by atoms with van der Waals surface area (Å²) in [4.78, 5) is 28.5. The first-order valence-electron chi connectivity index (χ1n) is 9.18. The molecule has 1 heterocycles. The summed E-state index contributed by atoms with van der Waals surface area (Å²) in [6, 6.07) is 15.1. The summed E-state index contributed by atoms with van der Waals surface area (Å²) >= 11 is 1.26. The van der Waals surface area contributed by atoms with Crippen LogP contribution in [0.3, 0.4) is 0 Å². The highest BCUT2D eigenvalue weighted by Crippen LogP contribution is 2.39. The number of ether oxygens (including phenoxy) is 1. The van der Waals surface area contributed by atoms with E-state index < -0.39 is 0 Å². The van der Waals surface area contributed by atoms with Crippen molar-refractivity contribution in [3.8, 4) is 0 Å². The van der Waals surface area contributed by atoms with Crippen LogP contribution in [0.25, 0.3) is 5.57 Å². The molecule has 2 aromatic carbocycles. The third kappa shape index (κ3) is 4.69. The van der Waals surface area contributed by atoms with Gasteiger partial charge in [-0.25, -0.2) is 4.39 Å². The van der Waals surface area contributed by atoms with Crippen LogP contribution in [-0.4, -0.2) is 36.0 Å². The molecule has 0 radical (unpaired) electrons. The summed E-state index contributed by atoms with van der Waals surface area (Å²) in [5, 5.41) is 0. The predicted octanol–water partition coefficient (Wildman–Crippen LogP) is 4.51. The fourth-order valence-corrected chi connectivity index (χ4v) is 3.90. The number of rotatable bonds is 8. The molecule has 3 rings (SSSR count). The van der Waals surface area contributed by atoms with Gasteiger partial charge < -0.3 is 4.74 Å². The van der Waals surface area contributed by atoms with Crippen LogP contribution in [0, 0.1) is 5.82 Å². The second-order valence-electron chi connectivity index (χ2n) is 6.66. The second kappa shape index (κ2) is 9.17. The largest absolute Gasteiger partial charge is 0.379 e. The number of amides is 2. The molecule has 0 aliphatic carbocycles. The number of nitrogens with zero attached hydrogens (tertiary/aromatic N) is 1. The van der Waals surface area contributed by atoms with E-state index in [1.54, 1.807) is 0 Å². The van der Waals surface area contributed by atoms with Crippen LogP contribution < -0.4 is 0 Å². The number of carbonyl (C=O) groups is 2. The highest BCUT2D eigenvalue weighted by Gasteiger charge is 2.39. The van der Waals surface area contributed by atoms with Gasteiger partial charge in [-0.15, -0.1) is 0 Å². The average Bonchev–Trinajstić information content (AvgIpc) is 2.90. The van der Waals surface area contributed by atoms with Gasteiger partial charge in [-0.1, -0.05) is 42.1 Å². The highest BCUT2D eigenvalue weighted by molar-refractivity contribution is 8.04. The van der Waals surface area contributed by atoms with Crippen molar-refractivity contribution in [2.45, 2.75) is 31.3 Å². The fourth-order valence-electron chi connectivity index (χ4n) is 2.87. The summed E-state index contributed by atoms with van der Waals surface area (Å²) in [5.74, 6) is -1.05. The van der Waals surface area contributed by atoms with Crippen molar-refractivity contribution < 1.29 is 18.7 Å². The first-order valence-corrected chi connectivity index (χ1v) is 10.00. The van der Waals surface area contributed by atoms with Gasteiger partial charge in [0.15, 0.2) is 0 Å². The number of hydrogen-bond donors (Lipinski definition) is 0. The molecule has 0 saturated carbocycles. The molecule has 0 N–H and O–H groups in total. The zero-order valence-corrected chi connectivity index (χ0v) is 16.7. The predicted molar refractivity (Wildman–Crippen MR) is 108 cm³/mol. The van der Waals surface area contributed by atoms with Gasteiger partial charge >= 0.3 is 0 Å². The number of carbonyl (C=O) groups excluding carboxylic acids is 2. The van der Waals surface area contributed by atoms with Gasteiger partial charge in [0.05, 0.1) is 16.6 Å². The number of benzene rings is 2. The van der Waals surface area contributed by atoms with E-state index in [-0.39, 0.29) is 30.3 Å². The Morgan fingerprint density at radius 3 is 2.32 bits per heavy atom. The Balaban J connectivity index is 1.88. The molecule has 0 fully saturated rings. The third-order valence-electron chi connectivity index (χ3n) is 4.20. The number of hydrogen-bond acceptors (Lipinski definition) is 4. The van der Waals surface area contributed by atoms with Gasteiger partial charge in [-0.2, -0.15) is 0 Å². The van der Waals surface area contributed by atoms with Crippen molar-refractivity contribution in [2.75, 3.05) is 13.2 Å². The quantitative estimate of drug-likeness (QED) is 0.484. The van der Waals surface area contributed by atoms with Gasteiger partial charge in [-0.05, 0) is 50.1 Å². The van der Waals surface area contributed by atoms with E-state index in [0.29, 0.717) is 29.1 Å². The minimum atomic E-state index is -0.388. The smallest absolute Gasteiger partial charge is 0.268 e. The van der Waals surface area contributed by atoms with Crippen molar-refractivity contribution in [1.82, 2.24) is 4.90 Å². The third-order valence-corrected chi connectivity index (χ3v) is 5.29. The van der Waals surface area contributed by atoms with Crippen LogP contribution in [0.1, 0.15) is 25.8 Å². The minimum absolute atomic E-state index is 0.0991. The van der Waals surface area contributed by atoms with Gasteiger partial charge in [0.1, 0.15) is 5.82 Å². The van der Waals surface area contributed by atoms with Gasteiger partial charge in [0.2, 0.25) is 0 Å². The maximum absolute atomic E-state index is 13.3. The molecule has 2 amide bonds. The lowest BCUT2D eigenvalue weighted by Crippen LogP contribution is -2.33. The van der Waals surface area contributed by atoms with Crippen molar-refractivity contribution in [3.05, 3.63) is 70.9 Å². The van der Waals surface area contributed by atoms with Crippen molar-refractivity contribution >= 4 is 29.1 Å². The summed E-state index contributed by atoms with van der Waals surface area (Å²) in [7, 11) is 0. The highest BCUT2D eigenvalue weighted by atomic mass is 32.2. The second-order valence-corrected chi connectivity index (χ2v) is 7.74. The van der Waals surface area contributed by atoms with Crippen molar-refractivity contribution in [1.29, 1.82) is 0 Å². The zero-order valence-electron chi connectivity index (χ0n) is 15.9. The molecule has 1 aliphatic heterocycles. The zero-order chi connectivity index (χ0) is 20.1. The van der Waals surface area contributed by atoms with E-state index in [1.165, 1.54) is 40.9 Å². The maximum atomic E-state index is 13.3. The first kappa shape index (κ1) is 20.3. The molecular formula is C22H22FNO3S. The molecule has 0 unspecified atom stereocenters. The molecule has 0 spiro atoms. The van der Waals surface area contributed by atoms with E-state index in [2.05, 4.69) is 0 Å². The maximum Gasteiger partial charge on any atom is 0.268 e. The van der Waals surface area contributed by atoms with E-state index in [1.807, 2.05) is 44.2 Å². The summed E-state index contributed by atoms with van der Waals surface area (Å²) < 4.78 is 18.9. The lowest BCUT2D eigenvalue weighted by molar-refractivity contribution is -0.136. The molecule has 0 bridgehead atoms. The Bertz CT molecular complexity index is 878. The van der Waals surface area contributed by atoms with E-state index in [9.17, 15) is 14.0 Å². The number of thioether (sulfide) groups is 1. The molecular weight excluding hydrogens is 377 g/mol. The first-order chi connectivity index (χ1) is 13.5. The summed E-state index contributed by atoms with van der Waals surface area (Å²) in [6.45, 7) is 4.64.